The molecule has 0 bridgehead atoms. The average molecular weight is 1860 g/mol. The van der Waals surface area contributed by atoms with Crippen molar-refractivity contribution in [1.29, 1.82) is 0 Å². The molecule has 706 valence electrons. The number of nitrogens with zero attached hydrogens (tertiary/aromatic N) is 6. The van der Waals surface area contributed by atoms with E-state index in [1.165, 1.54) is 45.3 Å². The number of rotatable bonds is 13. The maximum Gasteiger partial charge on any atom is 0.413 e. The number of carbonyl (C=O) groups is 6. The van der Waals surface area contributed by atoms with E-state index >= 15 is 0 Å². The smallest absolute Gasteiger partial charge is 0.413 e. The first kappa shape index (κ1) is 112. The molecule has 37 heteroatoms. The van der Waals surface area contributed by atoms with Gasteiger partial charge >= 0.3 is 18.3 Å². The van der Waals surface area contributed by atoms with Crippen LogP contribution >= 0.6 is 57.6 Å². The fourth-order valence-electron chi connectivity index (χ4n) is 14.1. The first-order valence-electron chi connectivity index (χ1n) is 39.1. The Bertz CT molecular complexity index is 4810. The summed E-state index contributed by atoms with van der Waals surface area (Å²) in [6.07, 6.45) is 0.854. The highest BCUT2D eigenvalue weighted by molar-refractivity contribution is 7.80. The lowest BCUT2D eigenvalue weighted by Crippen LogP contribution is -2.62. The van der Waals surface area contributed by atoms with Crippen LogP contribution in [0, 0.1) is 23.7 Å². The van der Waals surface area contributed by atoms with E-state index in [4.69, 9.17) is 76.3 Å². The standard InChI is InChI=1S/C24H32N4O5S2.C24H30N4O5S.C19H22N4O3S.C16H27N3O4S.7CH4/c1-22(2,3)33-21(31)26-17-13-35-19(25-17)24(14-32-23(4,5)11-16(24)12-29)28-20(34)27-18(30)15-9-7-6-8-10-15;1-22(2,3)33-21(30)26-17-13-34-19(25-17)24-14-32-23(4,5)11-16(24)12-31-20(28-24)27-18(29)15-9-7-6-8-10-15;1-18(2)8-13-9-25-17(22-15(24)12-6-4-3-5-7-12)23-19(13,11-26-18)16-21-14(20)10-27-16;1-14(2,3)23-13(21)19-11-8-24-12(18-11)16(17)9-22-15(4,5)6-10(16)7-20;;;;;;;/h6-10,13,16,29H,11-12,14H2,1-5H3,(H,26,31)(H2,27,28,30,34);6-10,13,16H,11-12,14H2,1-5H3,(H,26,30)(H,27,28,29);3-7,10,13H,8-9,11,20H2,1-2H3,(H,22,23,24);8,10,20H,6-7,9,17H2,1-5H3,(H,19,21);7*1H4/t2*16-,24-;13-,19-;10-,16-;;;;;;;/m0000......./s1. The number of thiocarbonyl (C=S) groups is 1. The second kappa shape index (κ2) is 45.3. The molecule has 6 aliphatic rings. The molecule has 127 heavy (non-hydrogen) atoms. The number of nitrogen functional groups attached to an aromatic ring is 1. The Morgan fingerprint density at radius 1 is 0.449 bits per heavy atom. The number of benzene rings is 3. The minimum atomic E-state index is -1.02. The summed E-state index contributed by atoms with van der Waals surface area (Å²) in [7, 11) is 0. The van der Waals surface area contributed by atoms with Crippen molar-refractivity contribution in [3.63, 3.8) is 0 Å². The van der Waals surface area contributed by atoms with E-state index in [-0.39, 0.29) is 160 Å². The molecule has 6 amide bonds. The van der Waals surface area contributed by atoms with Gasteiger partial charge in [0.1, 0.15) is 76.7 Å². The Hall–Kier alpha value is -9.25. The number of thiazole rings is 4. The second-order valence-corrected chi connectivity index (χ2v) is 39.3. The highest BCUT2D eigenvalue weighted by atomic mass is 32.1. The quantitative estimate of drug-likeness (QED) is 0.0377. The molecular weight excluding hydrogens is 1720 g/mol. The van der Waals surface area contributed by atoms with Crippen molar-refractivity contribution in [2.75, 3.05) is 74.5 Å². The van der Waals surface area contributed by atoms with Crippen molar-refractivity contribution >= 4 is 134 Å². The van der Waals surface area contributed by atoms with Crippen LogP contribution in [0.25, 0.3) is 0 Å². The topological polar surface area (TPSA) is 438 Å². The van der Waals surface area contributed by atoms with E-state index in [2.05, 4.69) is 71.0 Å². The number of amides is 6. The third-order valence-corrected chi connectivity index (χ3v) is 24.2. The molecule has 6 aliphatic heterocycles. The van der Waals surface area contributed by atoms with E-state index in [9.17, 15) is 39.0 Å². The summed E-state index contributed by atoms with van der Waals surface area (Å²) in [6.45, 7) is 33.8. The van der Waals surface area contributed by atoms with Gasteiger partial charge in [0, 0.05) is 75.1 Å². The van der Waals surface area contributed by atoms with Gasteiger partial charge in [0.15, 0.2) is 5.11 Å². The number of hydrogen-bond acceptors (Lipinski definition) is 30. The minimum Gasteiger partial charge on any atom is -0.465 e. The lowest BCUT2D eigenvalue weighted by Gasteiger charge is -2.48. The van der Waals surface area contributed by atoms with Gasteiger partial charge in [-0.2, -0.15) is 0 Å². The Morgan fingerprint density at radius 2 is 0.780 bits per heavy atom. The molecule has 13 N–H and O–H groups in total. The van der Waals surface area contributed by atoms with Gasteiger partial charge in [-0.1, -0.05) is 107 Å². The number of fused-ring (bicyclic) bond motifs is 2. The predicted octanol–water partition coefficient (Wildman–Crippen LogP) is 17.6. The molecule has 32 nitrogen and oxygen atoms in total. The summed E-state index contributed by atoms with van der Waals surface area (Å²) >= 11 is 10.9. The largest absolute Gasteiger partial charge is 0.465 e. The van der Waals surface area contributed by atoms with Gasteiger partial charge in [0.2, 0.25) is 0 Å². The molecule has 0 radical (unpaired) electrons. The number of nitrogens with one attached hydrogen (secondary N) is 7. The van der Waals surface area contributed by atoms with E-state index in [0.29, 0.717) is 94.1 Å². The van der Waals surface area contributed by atoms with Crippen molar-refractivity contribution < 1.29 is 81.6 Å². The normalized spacial score (nSPS) is 23.0. The Kier molecular flexibility index (Phi) is 40.0. The van der Waals surface area contributed by atoms with Gasteiger partial charge in [-0.25, -0.2) is 44.3 Å². The Morgan fingerprint density at radius 3 is 1.17 bits per heavy atom. The first-order chi connectivity index (χ1) is 56.1. The van der Waals surface area contributed by atoms with Crippen LogP contribution in [0.3, 0.4) is 0 Å². The number of nitrogens with two attached hydrogens (primary N) is 2. The summed E-state index contributed by atoms with van der Waals surface area (Å²) in [5.74, 6) is 0.168. The molecule has 10 heterocycles. The van der Waals surface area contributed by atoms with Crippen LogP contribution in [-0.4, -0.2) is 175 Å². The predicted molar refractivity (Wildman–Crippen MR) is 511 cm³/mol. The van der Waals surface area contributed by atoms with Gasteiger partial charge in [-0.15, -0.1) is 45.3 Å². The van der Waals surface area contributed by atoms with Crippen LogP contribution in [-0.2, 0) is 64.8 Å². The molecule has 0 aliphatic carbocycles. The summed E-state index contributed by atoms with van der Waals surface area (Å²) in [5, 5.41) is 49.1. The number of hydrogen-bond donors (Lipinski definition) is 11. The Balaban J connectivity index is 0.000000433. The van der Waals surface area contributed by atoms with Crippen LogP contribution in [0.1, 0.15) is 246 Å². The number of aliphatic hydroxyl groups is 2. The highest BCUT2D eigenvalue weighted by Crippen LogP contribution is 2.50. The van der Waals surface area contributed by atoms with Crippen LogP contribution in [0.15, 0.2) is 123 Å². The molecular formula is C90H139N15O17S5. The van der Waals surface area contributed by atoms with Crippen LogP contribution < -0.4 is 48.7 Å². The molecule has 4 fully saturated rings. The molecule has 3 aromatic carbocycles. The van der Waals surface area contributed by atoms with E-state index in [1.807, 2.05) is 71.9 Å². The van der Waals surface area contributed by atoms with Crippen LogP contribution in [0.2, 0.25) is 0 Å². The summed E-state index contributed by atoms with van der Waals surface area (Å²) in [6, 6.07) is 26.9. The number of anilines is 4. The summed E-state index contributed by atoms with van der Waals surface area (Å²) in [5.41, 5.74) is 7.19. The molecule has 7 aromatic rings. The van der Waals surface area contributed by atoms with Crippen molar-refractivity contribution in [1.82, 2.24) is 41.2 Å². The molecule has 13 rings (SSSR count). The van der Waals surface area contributed by atoms with Crippen molar-refractivity contribution in [3.05, 3.63) is 149 Å². The van der Waals surface area contributed by atoms with Gasteiger partial charge < -0.3 is 69.6 Å². The van der Waals surface area contributed by atoms with Crippen molar-refractivity contribution in [2.45, 2.75) is 257 Å². The highest BCUT2D eigenvalue weighted by Gasteiger charge is 2.56. The van der Waals surface area contributed by atoms with Crippen LogP contribution in [0.4, 0.5) is 37.7 Å². The third kappa shape index (κ3) is 29.9. The summed E-state index contributed by atoms with van der Waals surface area (Å²) in [4.78, 5) is 102. The third-order valence-electron chi connectivity index (χ3n) is 19.9. The molecule has 0 saturated carbocycles. The van der Waals surface area contributed by atoms with Gasteiger partial charge in [-0.05, 0) is 192 Å². The average Bonchev–Trinajstić information content (AvgIpc) is 1.71. The monoisotopic (exact) mass is 1860 g/mol. The number of amidine groups is 2. The number of ether oxygens (including phenoxy) is 9. The molecule has 4 saturated heterocycles. The number of aromatic nitrogens is 4. The van der Waals surface area contributed by atoms with Gasteiger partial charge in [-0.3, -0.25) is 46.3 Å². The maximum atomic E-state index is 12.7. The lowest BCUT2D eigenvalue weighted by molar-refractivity contribution is -0.129. The Labute approximate surface area is 771 Å². The fraction of sp³-hybridized carbons (Fsp3) is 0.567. The molecule has 8 atom stereocenters. The maximum absolute atomic E-state index is 12.7. The number of aliphatic imine (C=N–C) groups is 2. The lowest BCUT2D eigenvalue weighted by atomic mass is 9.76. The first-order valence-corrected chi connectivity index (χ1v) is 43.1. The van der Waals surface area contributed by atoms with E-state index in [0.717, 1.165) is 11.4 Å². The van der Waals surface area contributed by atoms with E-state index in [1.54, 1.807) is 144 Å². The SMILES string of the molecule is C.C.C.C.C.C.C.CC(C)(C)OC(=O)Nc1csc([C@]2(N)COC(C)(C)C[C@H]2CO)n1.CC(C)(C)OC(=O)Nc1csc([C@]2(NC(=S)NC(=O)c3ccccc3)COC(C)(C)C[C@H]2CO)n1.CC(C)(C)OC(=O)Nc1csc([C@]23COC(C)(C)C[C@H]2COC(NC(=O)c2ccccc2)=N3)n1.CC1(C)C[C@H]2COC(NC(=O)c3ccccc3)=N[C@@]2(c2nc(N)cs2)CO1. The number of carbonyl (C=O) groups excluding carboxylic acids is 6. The zero-order valence-electron chi connectivity index (χ0n) is 70.7. The molecule has 0 unspecified atom stereocenters. The van der Waals surface area contributed by atoms with E-state index < -0.39 is 62.8 Å². The van der Waals surface area contributed by atoms with Crippen molar-refractivity contribution in [2.24, 2.45) is 39.4 Å². The number of aliphatic hydroxyl groups excluding tert-OH is 2. The van der Waals surface area contributed by atoms with Crippen molar-refractivity contribution in [3.8, 4) is 0 Å². The second-order valence-electron chi connectivity index (χ2n) is 35.5. The van der Waals surface area contributed by atoms with Gasteiger partial charge in [0.05, 0.1) is 67.6 Å². The fourth-order valence-corrected chi connectivity index (χ4v) is 18.1. The van der Waals surface area contributed by atoms with Crippen LogP contribution in [0.5, 0.6) is 0 Å². The summed E-state index contributed by atoms with van der Waals surface area (Å²) < 4.78 is 51.7. The molecule has 0 spiro atoms. The van der Waals surface area contributed by atoms with Gasteiger partial charge in [0.25, 0.3) is 29.8 Å². The zero-order chi connectivity index (χ0) is 87.7. The molecule has 4 aromatic heterocycles. The zero-order valence-corrected chi connectivity index (χ0v) is 74.7. The minimum absolute atomic E-state index is 0.